The Morgan fingerprint density at radius 2 is 2.00 bits per heavy atom. The van der Waals surface area contributed by atoms with E-state index in [-0.39, 0.29) is 17.1 Å². The Kier molecular flexibility index (Phi) is 3.33. The Morgan fingerprint density at radius 1 is 1.32 bits per heavy atom. The van der Waals surface area contributed by atoms with Crippen LogP contribution in [0.1, 0.15) is 5.56 Å². The first-order valence-electron chi connectivity index (χ1n) is 5.53. The molecular formula is C13H12F3N3. The lowest BCUT2D eigenvalue weighted by Gasteiger charge is -2.11. The smallest absolute Gasteiger partial charge is 0.383 e. The van der Waals surface area contributed by atoms with Gasteiger partial charge in [0.05, 0.1) is 11.9 Å². The molecular weight excluding hydrogens is 255 g/mol. The van der Waals surface area contributed by atoms with Gasteiger partial charge >= 0.3 is 6.18 Å². The molecule has 6 heteroatoms. The van der Waals surface area contributed by atoms with Crippen LogP contribution >= 0.6 is 0 Å². The minimum Gasteiger partial charge on any atom is -0.383 e. The Balaban J connectivity index is 2.57. The second kappa shape index (κ2) is 4.79. The summed E-state index contributed by atoms with van der Waals surface area (Å²) in [5.41, 5.74) is 5.19. The zero-order chi connectivity index (χ0) is 14.0. The van der Waals surface area contributed by atoms with Gasteiger partial charge in [-0.15, -0.1) is 6.58 Å². The van der Waals surface area contributed by atoms with E-state index in [1.54, 1.807) is 6.08 Å². The van der Waals surface area contributed by atoms with Gasteiger partial charge in [-0.1, -0.05) is 24.3 Å². The Morgan fingerprint density at radius 3 is 2.63 bits per heavy atom. The van der Waals surface area contributed by atoms with Crippen molar-refractivity contribution >= 4 is 5.82 Å². The number of nitrogens with two attached hydrogens (primary N) is 1. The lowest BCUT2D eigenvalue weighted by molar-refractivity contribution is -0.137. The molecule has 0 saturated carbocycles. The third-order valence-corrected chi connectivity index (χ3v) is 2.69. The summed E-state index contributed by atoms with van der Waals surface area (Å²) in [7, 11) is 0. The van der Waals surface area contributed by atoms with Gasteiger partial charge in [0.2, 0.25) is 0 Å². The summed E-state index contributed by atoms with van der Waals surface area (Å²) in [5.74, 6) is 0.191. The fraction of sp³-hybridized carbons (Fsp3) is 0.154. The standard InChI is InChI=1S/C13H12F3N3/c1-2-7-19-8-18-11(12(19)17)9-5-3-4-6-10(9)13(14,15)16/h2-6,8H,1,7,17H2. The Bertz CT molecular complexity index is 599. The van der Waals surface area contributed by atoms with Crippen LogP contribution in [0.3, 0.4) is 0 Å². The number of hydrogen-bond acceptors (Lipinski definition) is 2. The largest absolute Gasteiger partial charge is 0.417 e. The summed E-state index contributed by atoms with van der Waals surface area (Å²) in [5, 5.41) is 0. The van der Waals surface area contributed by atoms with Gasteiger partial charge in [0.1, 0.15) is 11.5 Å². The average molecular weight is 267 g/mol. The predicted octanol–water partition coefficient (Wildman–Crippen LogP) is 3.34. The second-order valence-corrected chi connectivity index (χ2v) is 3.96. The van der Waals surface area contributed by atoms with E-state index in [0.29, 0.717) is 6.54 Å². The van der Waals surface area contributed by atoms with Gasteiger partial charge in [-0.2, -0.15) is 13.2 Å². The molecule has 2 N–H and O–H groups in total. The Labute approximate surface area is 108 Å². The number of nitrogens with zero attached hydrogens (tertiary/aromatic N) is 2. The number of rotatable bonds is 3. The van der Waals surface area contributed by atoms with E-state index in [2.05, 4.69) is 11.6 Å². The molecule has 0 aliphatic carbocycles. The first kappa shape index (κ1) is 13.2. The van der Waals surface area contributed by atoms with Gasteiger partial charge < -0.3 is 10.3 Å². The van der Waals surface area contributed by atoms with Gasteiger partial charge in [-0.25, -0.2) is 4.98 Å². The summed E-state index contributed by atoms with van der Waals surface area (Å²) in [6.07, 6.45) is -1.44. The number of halogens is 3. The number of nitrogen functional groups attached to an aromatic ring is 1. The van der Waals surface area contributed by atoms with Crippen LogP contribution in [0.4, 0.5) is 19.0 Å². The first-order chi connectivity index (χ1) is 8.95. The number of imidazole rings is 1. The van der Waals surface area contributed by atoms with E-state index < -0.39 is 11.7 Å². The molecule has 0 saturated heterocycles. The minimum absolute atomic E-state index is 0.0182. The van der Waals surface area contributed by atoms with Gasteiger partial charge in [-0.3, -0.25) is 0 Å². The summed E-state index contributed by atoms with van der Waals surface area (Å²) in [6.45, 7) is 3.95. The molecule has 0 atom stereocenters. The van der Waals surface area contributed by atoms with Crippen LogP contribution in [0.25, 0.3) is 11.3 Å². The van der Waals surface area contributed by atoms with E-state index in [1.807, 2.05) is 0 Å². The van der Waals surface area contributed by atoms with Gasteiger partial charge in [-0.05, 0) is 6.07 Å². The molecule has 1 heterocycles. The van der Waals surface area contributed by atoms with Gasteiger partial charge in [0.15, 0.2) is 0 Å². The van der Waals surface area contributed by atoms with E-state index >= 15 is 0 Å². The molecule has 3 nitrogen and oxygen atoms in total. The molecule has 0 amide bonds. The van der Waals surface area contributed by atoms with Crippen LogP contribution in [-0.4, -0.2) is 9.55 Å². The fourth-order valence-corrected chi connectivity index (χ4v) is 1.82. The highest BCUT2D eigenvalue weighted by Gasteiger charge is 2.34. The van der Waals surface area contributed by atoms with E-state index in [0.717, 1.165) is 6.07 Å². The first-order valence-corrected chi connectivity index (χ1v) is 5.53. The molecule has 0 unspecified atom stereocenters. The predicted molar refractivity (Wildman–Crippen MR) is 67.3 cm³/mol. The molecule has 0 bridgehead atoms. The molecule has 0 fully saturated rings. The van der Waals surface area contributed by atoms with E-state index in [4.69, 9.17) is 5.73 Å². The van der Waals surface area contributed by atoms with Crippen LogP contribution < -0.4 is 5.73 Å². The van der Waals surface area contributed by atoms with Crippen molar-refractivity contribution in [3.63, 3.8) is 0 Å². The maximum Gasteiger partial charge on any atom is 0.417 e. The third kappa shape index (κ3) is 2.47. The maximum atomic E-state index is 12.9. The van der Waals surface area contributed by atoms with E-state index in [9.17, 15) is 13.2 Å². The van der Waals surface area contributed by atoms with Crippen molar-refractivity contribution < 1.29 is 13.2 Å². The van der Waals surface area contributed by atoms with Crippen LogP contribution in [0.5, 0.6) is 0 Å². The number of aromatic nitrogens is 2. The molecule has 2 aromatic rings. The lowest BCUT2D eigenvalue weighted by Crippen LogP contribution is -2.08. The van der Waals surface area contributed by atoms with Crippen molar-refractivity contribution in [3.05, 3.63) is 48.8 Å². The second-order valence-electron chi connectivity index (χ2n) is 3.96. The molecule has 0 spiro atoms. The van der Waals surface area contributed by atoms with Crippen molar-refractivity contribution in [2.45, 2.75) is 12.7 Å². The van der Waals surface area contributed by atoms with Crippen molar-refractivity contribution in [2.75, 3.05) is 5.73 Å². The molecule has 100 valence electrons. The van der Waals surface area contributed by atoms with Crippen molar-refractivity contribution in [1.29, 1.82) is 0 Å². The summed E-state index contributed by atoms with van der Waals surface area (Å²) < 4.78 is 40.3. The molecule has 19 heavy (non-hydrogen) atoms. The van der Waals surface area contributed by atoms with Crippen LogP contribution in [0.2, 0.25) is 0 Å². The number of benzene rings is 1. The summed E-state index contributed by atoms with van der Waals surface area (Å²) in [4.78, 5) is 3.97. The third-order valence-electron chi connectivity index (χ3n) is 2.69. The summed E-state index contributed by atoms with van der Waals surface area (Å²) >= 11 is 0. The van der Waals surface area contributed by atoms with Crippen molar-refractivity contribution in [1.82, 2.24) is 9.55 Å². The fourth-order valence-electron chi connectivity index (χ4n) is 1.82. The number of alkyl halides is 3. The molecule has 1 aromatic carbocycles. The quantitative estimate of drug-likeness (QED) is 0.867. The SMILES string of the molecule is C=CCn1cnc(-c2ccccc2C(F)(F)F)c1N. The lowest BCUT2D eigenvalue weighted by atomic mass is 10.0. The highest BCUT2D eigenvalue weighted by molar-refractivity contribution is 5.73. The van der Waals surface area contributed by atoms with Crippen molar-refractivity contribution in [3.8, 4) is 11.3 Å². The van der Waals surface area contributed by atoms with Crippen molar-refractivity contribution in [2.24, 2.45) is 0 Å². The molecule has 0 aliphatic heterocycles. The maximum absolute atomic E-state index is 12.9. The topological polar surface area (TPSA) is 43.8 Å². The minimum atomic E-state index is -4.44. The van der Waals surface area contributed by atoms with E-state index in [1.165, 1.54) is 29.1 Å². The zero-order valence-electron chi connectivity index (χ0n) is 9.98. The molecule has 0 radical (unpaired) electrons. The number of allylic oxidation sites excluding steroid dienone is 1. The molecule has 0 aliphatic rings. The highest BCUT2D eigenvalue weighted by Crippen LogP contribution is 2.38. The van der Waals surface area contributed by atoms with Crippen LogP contribution in [-0.2, 0) is 12.7 Å². The summed E-state index contributed by atoms with van der Waals surface area (Å²) in [6, 6.07) is 5.24. The highest BCUT2D eigenvalue weighted by atomic mass is 19.4. The Hall–Kier alpha value is -2.24. The number of anilines is 1. The van der Waals surface area contributed by atoms with Crippen LogP contribution in [0.15, 0.2) is 43.2 Å². The molecule has 1 aromatic heterocycles. The molecule has 2 rings (SSSR count). The van der Waals surface area contributed by atoms with Gasteiger partial charge in [0, 0.05) is 12.1 Å². The monoisotopic (exact) mass is 267 g/mol. The average Bonchev–Trinajstić information content (AvgIpc) is 2.71. The van der Waals surface area contributed by atoms with Crippen LogP contribution in [0, 0.1) is 0 Å². The van der Waals surface area contributed by atoms with Gasteiger partial charge in [0.25, 0.3) is 0 Å². The normalized spacial score (nSPS) is 11.5. The zero-order valence-corrected chi connectivity index (χ0v) is 9.98. The number of hydrogen-bond donors (Lipinski definition) is 1.